The number of thioether (sulfide) groups is 1. The van der Waals surface area contributed by atoms with Crippen molar-refractivity contribution in [1.82, 2.24) is 14.8 Å². The van der Waals surface area contributed by atoms with Gasteiger partial charge in [-0.05, 0) is 80.2 Å². The van der Waals surface area contributed by atoms with E-state index < -0.39 is 0 Å². The number of carbonyl (C=O) groups is 1. The number of fused-ring (bicyclic) bond motifs is 1. The number of ether oxygens (including phenoxy) is 1. The summed E-state index contributed by atoms with van der Waals surface area (Å²) in [7, 11) is 0. The second-order valence-corrected chi connectivity index (χ2v) is 12.7. The Morgan fingerprint density at radius 2 is 2.08 bits per heavy atom. The average molecular weight is 552 g/mol. The predicted molar refractivity (Wildman–Crippen MR) is 154 cm³/mol. The van der Waals surface area contributed by atoms with Crippen LogP contribution in [0.15, 0.2) is 23.4 Å². The van der Waals surface area contributed by atoms with Crippen LogP contribution in [0.2, 0.25) is 0 Å². The molecule has 7 nitrogen and oxygen atoms in total. The first-order valence-electron chi connectivity index (χ1n) is 13.3. The fraction of sp³-hybridized carbons (Fsp3) is 0.517. The molecule has 38 heavy (non-hydrogen) atoms. The van der Waals surface area contributed by atoms with Gasteiger partial charge in [0.15, 0.2) is 11.0 Å². The van der Waals surface area contributed by atoms with Crippen molar-refractivity contribution in [2.24, 2.45) is 11.3 Å². The van der Waals surface area contributed by atoms with Gasteiger partial charge in [0.05, 0.1) is 11.3 Å². The molecular weight excluding hydrogens is 514 g/mol. The second-order valence-electron chi connectivity index (χ2n) is 10.6. The zero-order chi connectivity index (χ0) is 27.4. The smallest absolute Gasteiger partial charge is 0.235 e. The highest BCUT2D eigenvalue weighted by molar-refractivity contribution is 7.99. The number of amides is 1. The normalized spacial score (nSPS) is 15.1. The highest BCUT2D eigenvalue weighted by Crippen LogP contribution is 2.45. The number of thiophene rings is 1. The Balaban J connectivity index is 1.38. The van der Waals surface area contributed by atoms with E-state index in [2.05, 4.69) is 56.2 Å². The molecule has 0 bridgehead atoms. The van der Waals surface area contributed by atoms with Crippen LogP contribution in [0.5, 0.6) is 5.75 Å². The van der Waals surface area contributed by atoms with Gasteiger partial charge in [0.2, 0.25) is 5.91 Å². The molecule has 1 N–H and O–H groups in total. The molecule has 202 valence electrons. The molecule has 1 amide bonds. The summed E-state index contributed by atoms with van der Waals surface area (Å²) in [5.41, 5.74) is 4.44. The first kappa shape index (κ1) is 28.2. The fourth-order valence-corrected chi connectivity index (χ4v) is 6.96. The molecular formula is C29H37N5O2S2. The SMILES string of the molecule is CCn1c(COc2ccc(C)c(C)c2)nnc1SCC(=O)Nc1sc2c(c1C#N)CCC(C(C)(C)CC)C2. The molecule has 0 saturated carbocycles. The number of rotatable bonds is 10. The lowest BCUT2D eigenvalue weighted by atomic mass is 9.69. The van der Waals surface area contributed by atoms with Crippen molar-refractivity contribution in [1.29, 1.82) is 5.26 Å². The third-order valence-corrected chi connectivity index (χ3v) is 10.1. The van der Waals surface area contributed by atoms with Crippen LogP contribution in [0.3, 0.4) is 0 Å². The zero-order valence-corrected chi connectivity index (χ0v) is 24.8. The van der Waals surface area contributed by atoms with E-state index in [-0.39, 0.29) is 17.1 Å². The summed E-state index contributed by atoms with van der Waals surface area (Å²) in [5, 5.41) is 22.8. The van der Waals surface area contributed by atoms with E-state index in [0.29, 0.717) is 34.8 Å². The molecule has 1 unspecified atom stereocenters. The monoisotopic (exact) mass is 551 g/mol. The van der Waals surface area contributed by atoms with Crippen molar-refractivity contribution < 1.29 is 9.53 Å². The highest BCUT2D eigenvalue weighted by Gasteiger charge is 2.34. The van der Waals surface area contributed by atoms with Gasteiger partial charge in [0.1, 0.15) is 23.4 Å². The van der Waals surface area contributed by atoms with Gasteiger partial charge in [0, 0.05) is 11.4 Å². The van der Waals surface area contributed by atoms with Crippen LogP contribution < -0.4 is 10.1 Å². The molecule has 0 aliphatic heterocycles. The lowest BCUT2D eigenvalue weighted by Gasteiger charge is -2.36. The maximum absolute atomic E-state index is 12.9. The minimum absolute atomic E-state index is 0.144. The van der Waals surface area contributed by atoms with Crippen molar-refractivity contribution in [3.8, 4) is 11.8 Å². The van der Waals surface area contributed by atoms with Gasteiger partial charge in [0.25, 0.3) is 0 Å². The molecule has 3 aromatic rings. The summed E-state index contributed by atoms with van der Waals surface area (Å²) in [5.74, 6) is 2.15. The standard InChI is InChI=1S/C29H37N5O2S2/c1-7-29(5,6)20-10-12-22-23(15-30)27(38-24(22)14-20)31-26(35)17-37-28-33-32-25(34(28)8-2)16-36-21-11-9-18(3)19(4)13-21/h9,11,13,20H,7-8,10,12,14,16-17H2,1-6H3,(H,31,35). The third kappa shape index (κ3) is 6.08. The molecule has 1 aliphatic rings. The fourth-order valence-electron chi connectivity index (χ4n) is 4.84. The molecule has 0 spiro atoms. The maximum atomic E-state index is 12.9. The van der Waals surface area contributed by atoms with Gasteiger partial charge < -0.3 is 14.6 Å². The Morgan fingerprint density at radius 1 is 1.29 bits per heavy atom. The third-order valence-electron chi connectivity index (χ3n) is 7.93. The molecule has 9 heteroatoms. The molecule has 2 aromatic heterocycles. The Kier molecular flexibility index (Phi) is 8.84. The van der Waals surface area contributed by atoms with Crippen molar-refractivity contribution in [2.75, 3.05) is 11.1 Å². The number of nitriles is 1. The first-order valence-corrected chi connectivity index (χ1v) is 15.1. The largest absolute Gasteiger partial charge is 0.486 e. The van der Waals surface area contributed by atoms with Gasteiger partial charge in [-0.15, -0.1) is 21.5 Å². The average Bonchev–Trinajstić information content (AvgIpc) is 3.47. The Morgan fingerprint density at radius 3 is 2.76 bits per heavy atom. The number of aryl methyl sites for hydroxylation is 2. The van der Waals surface area contributed by atoms with Crippen LogP contribution in [-0.4, -0.2) is 26.4 Å². The van der Waals surface area contributed by atoms with E-state index in [0.717, 1.165) is 42.8 Å². The minimum Gasteiger partial charge on any atom is -0.486 e. The van der Waals surface area contributed by atoms with E-state index in [9.17, 15) is 10.1 Å². The summed E-state index contributed by atoms with van der Waals surface area (Å²) in [6.07, 6.45) is 4.10. The quantitative estimate of drug-likeness (QED) is 0.282. The van der Waals surface area contributed by atoms with Crippen LogP contribution >= 0.6 is 23.1 Å². The molecule has 2 heterocycles. The predicted octanol–water partition coefficient (Wildman–Crippen LogP) is 6.70. The lowest BCUT2D eigenvalue weighted by Crippen LogP contribution is -2.28. The van der Waals surface area contributed by atoms with Crippen molar-refractivity contribution in [2.45, 2.75) is 85.5 Å². The highest BCUT2D eigenvalue weighted by atomic mass is 32.2. The zero-order valence-electron chi connectivity index (χ0n) is 23.2. The number of carbonyl (C=O) groups excluding carboxylic acids is 1. The second kappa shape index (κ2) is 11.9. The van der Waals surface area contributed by atoms with Crippen molar-refractivity contribution in [3.63, 3.8) is 0 Å². The van der Waals surface area contributed by atoms with E-state index in [4.69, 9.17) is 4.74 Å². The number of aromatic nitrogens is 3. The summed E-state index contributed by atoms with van der Waals surface area (Å²) in [6.45, 7) is 14.0. The van der Waals surface area contributed by atoms with Crippen LogP contribution in [-0.2, 0) is 30.8 Å². The molecule has 4 rings (SSSR count). The first-order chi connectivity index (χ1) is 18.2. The summed E-state index contributed by atoms with van der Waals surface area (Å²) >= 11 is 2.92. The molecule has 1 aliphatic carbocycles. The number of benzene rings is 1. The molecule has 0 fully saturated rings. The molecule has 1 atom stereocenters. The number of anilines is 1. The summed E-state index contributed by atoms with van der Waals surface area (Å²) in [6, 6.07) is 8.37. The van der Waals surface area contributed by atoms with Gasteiger partial charge in [-0.25, -0.2) is 0 Å². The van der Waals surface area contributed by atoms with Gasteiger partial charge in [-0.1, -0.05) is 45.0 Å². The van der Waals surface area contributed by atoms with E-state index >= 15 is 0 Å². The number of nitrogens with one attached hydrogen (secondary N) is 1. The van der Waals surface area contributed by atoms with Crippen LogP contribution in [0.25, 0.3) is 0 Å². The molecule has 0 radical (unpaired) electrons. The van der Waals surface area contributed by atoms with Crippen LogP contribution in [0, 0.1) is 36.5 Å². The Bertz CT molecular complexity index is 1350. The topological polar surface area (TPSA) is 92.8 Å². The van der Waals surface area contributed by atoms with Crippen LogP contribution in [0.1, 0.15) is 73.5 Å². The van der Waals surface area contributed by atoms with E-state index in [1.165, 1.54) is 27.8 Å². The number of hydrogen-bond donors (Lipinski definition) is 1. The lowest BCUT2D eigenvalue weighted by molar-refractivity contribution is -0.113. The van der Waals surface area contributed by atoms with Gasteiger partial charge >= 0.3 is 0 Å². The summed E-state index contributed by atoms with van der Waals surface area (Å²) in [4.78, 5) is 14.1. The van der Waals surface area contributed by atoms with Crippen LogP contribution in [0.4, 0.5) is 5.00 Å². The number of nitrogens with zero attached hydrogens (tertiary/aromatic N) is 4. The molecule has 1 aromatic carbocycles. The Hall–Kier alpha value is -2.83. The van der Waals surface area contributed by atoms with E-state index in [1.807, 2.05) is 29.7 Å². The van der Waals surface area contributed by atoms with Gasteiger partial charge in [-0.3, -0.25) is 4.79 Å². The maximum Gasteiger partial charge on any atom is 0.235 e. The molecule has 0 saturated heterocycles. The Labute approximate surface area is 234 Å². The summed E-state index contributed by atoms with van der Waals surface area (Å²) < 4.78 is 7.92. The minimum atomic E-state index is -0.144. The number of hydrogen-bond acceptors (Lipinski definition) is 7. The van der Waals surface area contributed by atoms with Gasteiger partial charge in [-0.2, -0.15) is 5.26 Å². The van der Waals surface area contributed by atoms with E-state index in [1.54, 1.807) is 11.3 Å². The van der Waals surface area contributed by atoms with Crippen molar-refractivity contribution >= 4 is 34.0 Å². The van der Waals surface area contributed by atoms with Crippen molar-refractivity contribution in [3.05, 3.63) is 51.2 Å².